The predicted octanol–water partition coefficient (Wildman–Crippen LogP) is 4.53. The van der Waals surface area contributed by atoms with E-state index in [-0.39, 0.29) is 33.8 Å². The van der Waals surface area contributed by atoms with Gasteiger partial charge in [0.15, 0.2) is 5.78 Å². The number of ketones is 1. The van der Waals surface area contributed by atoms with Crippen molar-refractivity contribution in [1.29, 1.82) is 0 Å². The van der Waals surface area contributed by atoms with Crippen LogP contribution >= 0.6 is 0 Å². The second-order valence-corrected chi connectivity index (χ2v) is 9.10. The molecule has 0 aromatic heterocycles. The number of sulfonamides is 1. The SMILES string of the molecule is CC(C)c1ccc(S(=O)(=O)Nc2ccc(CN([O-])O)cc2C(=O)c2ccccc2)cc1. The van der Waals surface area contributed by atoms with Crippen LogP contribution < -0.4 is 4.72 Å². The first-order valence-corrected chi connectivity index (χ1v) is 11.1. The average molecular weight is 440 g/mol. The van der Waals surface area contributed by atoms with Gasteiger partial charge >= 0.3 is 0 Å². The van der Waals surface area contributed by atoms with E-state index in [2.05, 4.69) is 4.72 Å². The number of nitrogens with one attached hydrogen (secondary N) is 1. The fraction of sp³-hybridized carbons (Fsp3) is 0.174. The van der Waals surface area contributed by atoms with Crippen molar-refractivity contribution < 1.29 is 18.4 Å². The van der Waals surface area contributed by atoms with E-state index in [9.17, 15) is 18.4 Å². The van der Waals surface area contributed by atoms with Gasteiger partial charge in [0, 0.05) is 17.7 Å². The quantitative estimate of drug-likeness (QED) is 0.394. The molecule has 0 unspecified atom stereocenters. The van der Waals surface area contributed by atoms with Crippen LogP contribution in [-0.4, -0.2) is 24.6 Å². The highest BCUT2D eigenvalue weighted by Crippen LogP contribution is 2.26. The number of rotatable bonds is 8. The molecule has 31 heavy (non-hydrogen) atoms. The van der Waals surface area contributed by atoms with E-state index >= 15 is 0 Å². The van der Waals surface area contributed by atoms with Crippen LogP contribution in [0.5, 0.6) is 0 Å². The summed E-state index contributed by atoms with van der Waals surface area (Å²) in [4.78, 5) is 13.1. The molecular formula is C23H23N2O5S-. The van der Waals surface area contributed by atoms with Gasteiger partial charge in [0.05, 0.1) is 10.6 Å². The molecule has 3 rings (SSSR count). The van der Waals surface area contributed by atoms with Crippen molar-refractivity contribution >= 4 is 21.5 Å². The first-order valence-electron chi connectivity index (χ1n) is 9.66. The van der Waals surface area contributed by atoms with Crippen molar-refractivity contribution in [3.63, 3.8) is 0 Å². The maximum atomic E-state index is 13.1. The third kappa shape index (κ3) is 5.56. The van der Waals surface area contributed by atoms with Crippen molar-refractivity contribution in [2.24, 2.45) is 0 Å². The number of hydrogen-bond donors (Lipinski definition) is 2. The Balaban J connectivity index is 2.00. The highest BCUT2D eigenvalue weighted by molar-refractivity contribution is 7.92. The highest BCUT2D eigenvalue weighted by Gasteiger charge is 2.20. The summed E-state index contributed by atoms with van der Waals surface area (Å²) >= 11 is 0. The van der Waals surface area contributed by atoms with Crippen molar-refractivity contribution in [2.75, 3.05) is 4.72 Å². The van der Waals surface area contributed by atoms with Crippen LogP contribution in [-0.2, 0) is 16.6 Å². The molecule has 0 fully saturated rings. The fourth-order valence-corrected chi connectivity index (χ4v) is 4.18. The molecule has 0 bridgehead atoms. The zero-order chi connectivity index (χ0) is 22.6. The number of hydrogen-bond acceptors (Lipinski definition) is 6. The van der Waals surface area contributed by atoms with Crippen molar-refractivity contribution in [3.8, 4) is 0 Å². The van der Waals surface area contributed by atoms with Gasteiger partial charge in [0.1, 0.15) is 0 Å². The molecule has 162 valence electrons. The summed E-state index contributed by atoms with van der Waals surface area (Å²) in [5.41, 5.74) is 1.90. The van der Waals surface area contributed by atoms with Gasteiger partial charge < -0.3 is 10.4 Å². The first-order chi connectivity index (χ1) is 14.7. The summed E-state index contributed by atoms with van der Waals surface area (Å²) in [5.74, 6) is -0.148. The van der Waals surface area contributed by atoms with Gasteiger partial charge in [0.2, 0.25) is 0 Å². The minimum absolute atomic E-state index is 0.0696. The van der Waals surface area contributed by atoms with E-state index in [1.807, 2.05) is 13.8 Å². The lowest BCUT2D eigenvalue weighted by Crippen LogP contribution is -2.17. The fourth-order valence-electron chi connectivity index (χ4n) is 3.10. The molecule has 3 aromatic carbocycles. The van der Waals surface area contributed by atoms with Crippen molar-refractivity contribution in [3.05, 3.63) is 100 Å². The van der Waals surface area contributed by atoms with Gasteiger partial charge in [0.25, 0.3) is 10.0 Å². The monoisotopic (exact) mass is 439 g/mol. The Morgan fingerprint density at radius 2 is 1.68 bits per heavy atom. The summed E-state index contributed by atoms with van der Waals surface area (Å²) in [6.07, 6.45) is 0. The second kappa shape index (κ2) is 9.40. The maximum Gasteiger partial charge on any atom is 0.261 e. The van der Waals surface area contributed by atoms with Crippen LogP contribution in [0.3, 0.4) is 0 Å². The molecule has 8 heteroatoms. The maximum absolute atomic E-state index is 13.1. The molecule has 0 aliphatic rings. The van der Waals surface area contributed by atoms with Crippen LogP contribution in [0.1, 0.15) is 46.8 Å². The van der Waals surface area contributed by atoms with Gasteiger partial charge in [-0.05, 0) is 41.3 Å². The Morgan fingerprint density at radius 3 is 2.26 bits per heavy atom. The molecule has 2 N–H and O–H groups in total. The van der Waals surface area contributed by atoms with Gasteiger partial charge in [-0.15, -0.1) is 0 Å². The summed E-state index contributed by atoms with van der Waals surface area (Å²) in [6.45, 7) is 3.67. The topological polar surface area (TPSA) is 110 Å². The Hall–Kier alpha value is -3.04. The Morgan fingerprint density at radius 1 is 1.03 bits per heavy atom. The Bertz CT molecular complexity index is 1160. The largest absolute Gasteiger partial charge is 0.762 e. The zero-order valence-corrected chi connectivity index (χ0v) is 18.0. The lowest BCUT2D eigenvalue weighted by Gasteiger charge is -2.20. The van der Waals surface area contributed by atoms with Gasteiger partial charge in [-0.1, -0.05) is 62.4 Å². The Kier molecular flexibility index (Phi) is 6.87. The van der Waals surface area contributed by atoms with Crippen LogP contribution in [0.4, 0.5) is 5.69 Å². The number of anilines is 1. The van der Waals surface area contributed by atoms with E-state index in [0.29, 0.717) is 11.1 Å². The van der Waals surface area contributed by atoms with E-state index in [4.69, 9.17) is 5.21 Å². The molecule has 0 heterocycles. The standard InChI is InChI=1S/C23H23N2O5S/c1-16(2)18-9-11-20(12-10-18)31(29,30)24-22-13-8-17(15-25(27)28)14-21(22)23(26)19-6-4-3-5-7-19/h3-14,16,24,27H,15H2,1-2H3/q-1. The molecule has 0 atom stereocenters. The summed E-state index contributed by atoms with van der Waals surface area (Å²) in [6, 6.07) is 19.2. The lowest BCUT2D eigenvalue weighted by atomic mass is 9.99. The molecule has 0 aliphatic heterocycles. The number of nitrogens with zero attached hydrogens (tertiary/aromatic N) is 1. The molecular weight excluding hydrogens is 416 g/mol. The lowest BCUT2D eigenvalue weighted by molar-refractivity contribution is -0.0488. The van der Waals surface area contributed by atoms with Crippen LogP contribution in [0.2, 0.25) is 0 Å². The van der Waals surface area contributed by atoms with Gasteiger partial charge in [-0.25, -0.2) is 8.42 Å². The van der Waals surface area contributed by atoms with Crippen molar-refractivity contribution in [2.45, 2.75) is 31.2 Å². The van der Waals surface area contributed by atoms with Crippen LogP contribution in [0.25, 0.3) is 0 Å². The number of hydroxylamine groups is 2. The van der Waals surface area contributed by atoms with E-state index in [1.165, 1.54) is 30.3 Å². The number of carbonyl (C=O) groups excluding carboxylic acids is 1. The second-order valence-electron chi connectivity index (χ2n) is 7.41. The number of carbonyl (C=O) groups is 1. The summed E-state index contributed by atoms with van der Waals surface area (Å²) in [5, 5.41) is 19.8. The van der Waals surface area contributed by atoms with Gasteiger partial charge in [-0.3, -0.25) is 14.7 Å². The molecule has 7 nitrogen and oxygen atoms in total. The third-order valence-electron chi connectivity index (χ3n) is 4.78. The minimum atomic E-state index is -3.95. The predicted molar refractivity (Wildman–Crippen MR) is 118 cm³/mol. The smallest absolute Gasteiger partial charge is 0.261 e. The highest BCUT2D eigenvalue weighted by atomic mass is 32.2. The van der Waals surface area contributed by atoms with Crippen LogP contribution in [0, 0.1) is 5.21 Å². The van der Waals surface area contributed by atoms with Gasteiger partial charge in [-0.2, -0.15) is 0 Å². The average Bonchev–Trinajstić information content (AvgIpc) is 2.74. The van der Waals surface area contributed by atoms with E-state index in [1.54, 1.807) is 42.5 Å². The molecule has 0 saturated carbocycles. The normalized spacial score (nSPS) is 11.7. The number of benzene rings is 3. The Labute approximate surface area is 181 Å². The van der Waals surface area contributed by atoms with E-state index in [0.717, 1.165) is 5.56 Å². The molecule has 0 radical (unpaired) electrons. The molecule has 0 aliphatic carbocycles. The third-order valence-corrected chi connectivity index (χ3v) is 6.17. The first kappa shape index (κ1) is 22.6. The molecule has 3 aromatic rings. The summed E-state index contributed by atoms with van der Waals surface area (Å²) in [7, 11) is -3.95. The molecule has 0 saturated heterocycles. The minimum Gasteiger partial charge on any atom is -0.762 e. The van der Waals surface area contributed by atoms with E-state index < -0.39 is 15.8 Å². The van der Waals surface area contributed by atoms with Crippen LogP contribution in [0.15, 0.2) is 77.7 Å². The summed E-state index contributed by atoms with van der Waals surface area (Å²) < 4.78 is 28.4. The van der Waals surface area contributed by atoms with Crippen molar-refractivity contribution in [1.82, 2.24) is 5.23 Å². The zero-order valence-electron chi connectivity index (χ0n) is 17.1. The molecule has 0 spiro atoms. The molecule has 0 amide bonds.